The predicted molar refractivity (Wildman–Crippen MR) is 73.0 cm³/mol. The highest BCUT2D eigenvalue weighted by Crippen LogP contribution is 2.30. The Bertz CT molecular complexity index is 375. The Morgan fingerprint density at radius 3 is 2.53 bits per heavy atom. The molecule has 1 rings (SSSR count). The number of pyridine rings is 1. The maximum atomic E-state index is 6.11. The number of nitrogens with zero attached hydrogens (tertiary/aromatic N) is 1. The van der Waals surface area contributed by atoms with E-state index >= 15 is 0 Å². The van der Waals surface area contributed by atoms with Crippen molar-refractivity contribution in [3.8, 4) is 0 Å². The summed E-state index contributed by atoms with van der Waals surface area (Å²) < 4.78 is 0. The van der Waals surface area contributed by atoms with Gasteiger partial charge in [0.1, 0.15) is 0 Å². The number of aromatic nitrogens is 1. The molecule has 96 valence electrons. The van der Waals surface area contributed by atoms with E-state index in [9.17, 15) is 0 Å². The largest absolute Gasteiger partial charge is 0.271 e. The molecular weight excluding hydrogens is 257 g/mol. The van der Waals surface area contributed by atoms with Crippen LogP contribution in [0.25, 0.3) is 0 Å². The van der Waals surface area contributed by atoms with Crippen LogP contribution >= 0.6 is 23.2 Å². The summed E-state index contributed by atoms with van der Waals surface area (Å²) in [6.07, 6.45) is 3.50. The van der Waals surface area contributed by atoms with E-state index in [1.807, 2.05) is 0 Å². The molecule has 0 spiro atoms. The van der Waals surface area contributed by atoms with Crippen molar-refractivity contribution in [3.63, 3.8) is 0 Å². The third-order valence-corrected chi connectivity index (χ3v) is 3.06. The fourth-order valence-electron chi connectivity index (χ4n) is 1.56. The standard InChI is InChI=1S/C12H19Cl2N3/c1-12(2,3)5-4-10(17-15)11-9(14)6-8(13)7-16-11/h6-7,10,17H,4-5,15H2,1-3H3. The van der Waals surface area contributed by atoms with Crippen LogP contribution in [0.4, 0.5) is 0 Å². The molecule has 0 bridgehead atoms. The van der Waals surface area contributed by atoms with Crippen LogP contribution in [0.15, 0.2) is 12.3 Å². The Morgan fingerprint density at radius 2 is 2.06 bits per heavy atom. The van der Waals surface area contributed by atoms with Crippen LogP contribution in [0.1, 0.15) is 45.3 Å². The van der Waals surface area contributed by atoms with Crippen molar-refractivity contribution in [2.24, 2.45) is 11.3 Å². The Hall–Kier alpha value is -0.350. The molecule has 1 heterocycles. The van der Waals surface area contributed by atoms with Crippen LogP contribution in [0, 0.1) is 5.41 Å². The topological polar surface area (TPSA) is 50.9 Å². The van der Waals surface area contributed by atoms with Gasteiger partial charge in [-0.2, -0.15) is 0 Å². The molecule has 5 heteroatoms. The van der Waals surface area contributed by atoms with Gasteiger partial charge in [0.25, 0.3) is 0 Å². The number of hydrogen-bond acceptors (Lipinski definition) is 3. The van der Waals surface area contributed by atoms with Gasteiger partial charge in [-0.05, 0) is 24.3 Å². The van der Waals surface area contributed by atoms with E-state index in [4.69, 9.17) is 29.0 Å². The highest BCUT2D eigenvalue weighted by Gasteiger charge is 2.19. The maximum absolute atomic E-state index is 6.11. The summed E-state index contributed by atoms with van der Waals surface area (Å²) >= 11 is 11.9. The van der Waals surface area contributed by atoms with Gasteiger partial charge >= 0.3 is 0 Å². The molecule has 1 atom stereocenters. The van der Waals surface area contributed by atoms with Crippen LogP contribution in [-0.4, -0.2) is 4.98 Å². The maximum Gasteiger partial charge on any atom is 0.0773 e. The molecule has 17 heavy (non-hydrogen) atoms. The lowest BCUT2D eigenvalue weighted by Gasteiger charge is -2.23. The van der Waals surface area contributed by atoms with Gasteiger partial charge in [0, 0.05) is 6.20 Å². The van der Waals surface area contributed by atoms with Crippen LogP contribution in [0.3, 0.4) is 0 Å². The fraction of sp³-hybridized carbons (Fsp3) is 0.583. The molecule has 0 saturated heterocycles. The molecule has 0 aliphatic rings. The lowest BCUT2D eigenvalue weighted by molar-refractivity contribution is 0.331. The molecule has 0 fully saturated rings. The lowest BCUT2D eigenvalue weighted by atomic mass is 9.88. The van der Waals surface area contributed by atoms with E-state index in [0.717, 1.165) is 18.5 Å². The summed E-state index contributed by atoms with van der Waals surface area (Å²) in [5.74, 6) is 5.56. The summed E-state index contributed by atoms with van der Waals surface area (Å²) in [4.78, 5) is 4.24. The molecule has 1 aromatic heterocycles. The first-order chi connectivity index (χ1) is 7.83. The van der Waals surface area contributed by atoms with Crippen molar-refractivity contribution < 1.29 is 0 Å². The number of nitrogens with two attached hydrogens (primary N) is 1. The van der Waals surface area contributed by atoms with Crippen molar-refractivity contribution in [1.29, 1.82) is 0 Å². The molecule has 0 radical (unpaired) electrons. The second-order valence-electron chi connectivity index (χ2n) is 5.34. The Kier molecular flexibility index (Phi) is 5.20. The average Bonchev–Trinajstić information content (AvgIpc) is 2.19. The lowest BCUT2D eigenvalue weighted by Crippen LogP contribution is -2.29. The minimum atomic E-state index is -0.0426. The number of halogens is 2. The van der Waals surface area contributed by atoms with E-state index in [-0.39, 0.29) is 11.5 Å². The summed E-state index contributed by atoms with van der Waals surface area (Å²) in [5, 5.41) is 1.08. The van der Waals surface area contributed by atoms with Crippen molar-refractivity contribution in [2.75, 3.05) is 0 Å². The molecule has 0 saturated carbocycles. The first-order valence-electron chi connectivity index (χ1n) is 5.60. The zero-order valence-corrected chi connectivity index (χ0v) is 11.9. The minimum Gasteiger partial charge on any atom is -0.271 e. The van der Waals surface area contributed by atoms with E-state index in [0.29, 0.717) is 10.0 Å². The Morgan fingerprint density at radius 1 is 1.41 bits per heavy atom. The van der Waals surface area contributed by atoms with Gasteiger partial charge in [0.05, 0.1) is 21.8 Å². The molecule has 0 aliphatic heterocycles. The van der Waals surface area contributed by atoms with Crippen LogP contribution in [0.5, 0.6) is 0 Å². The zero-order valence-electron chi connectivity index (χ0n) is 10.4. The Labute approximate surface area is 113 Å². The zero-order chi connectivity index (χ0) is 13.1. The van der Waals surface area contributed by atoms with E-state index < -0.39 is 0 Å². The number of hydrogen-bond donors (Lipinski definition) is 2. The third kappa shape index (κ3) is 4.80. The summed E-state index contributed by atoms with van der Waals surface area (Å²) in [6, 6.07) is 1.64. The SMILES string of the molecule is CC(C)(C)CCC(NN)c1ncc(Cl)cc1Cl. The molecule has 3 N–H and O–H groups in total. The van der Waals surface area contributed by atoms with Gasteiger partial charge in [-0.25, -0.2) is 0 Å². The summed E-state index contributed by atoms with van der Waals surface area (Å²) in [7, 11) is 0. The van der Waals surface area contributed by atoms with Gasteiger partial charge in [-0.15, -0.1) is 0 Å². The van der Waals surface area contributed by atoms with Gasteiger partial charge in [-0.3, -0.25) is 16.3 Å². The first kappa shape index (κ1) is 14.7. The van der Waals surface area contributed by atoms with Gasteiger partial charge in [-0.1, -0.05) is 44.0 Å². The number of nitrogens with one attached hydrogen (secondary N) is 1. The molecule has 1 aromatic rings. The summed E-state index contributed by atoms with van der Waals surface area (Å²) in [5.41, 5.74) is 3.77. The molecule has 3 nitrogen and oxygen atoms in total. The van der Waals surface area contributed by atoms with Crippen LogP contribution in [-0.2, 0) is 0 Å². The summed E-state index contributed by atoms with van der Waals surface area (Å²) in [6.45, 7) is 6.58. The highest BCUT2D eigenvalue weighted by atomic mass is 35.5. The van der Waals surface area contributed by atoms with Crippen molar-refractivity contribution >= 4 is 23.2 Å². The van der Waals surface area contributed by atoms with Crippen molar-refractivity contribution in [1.82, 2.24) is 10.4 Å². The average molecular weight is 276 g/mol. The molecule has 0 aromatic carbocycles. The smallest absolute Gasteiger partial charge is 0.0773 e. The number of hydrazine groups is 1. The molecule has 0 aliphatic carbocycles. The molecular formula is C12H19Cl2N3. The molecule has 1 unspecified atom stereocenters. The van der Waals surface area contributed by atoms with E-state index in [1.54, 1.807) is 12.3 Å². The van der Waals surface area contributed by atoms with Gasteiger partial charge in [0.15, 0.2) is 0 Å². The van der Waals surface area contributed by atoms with Crippen LogP contribution < -0.4 is 11.3 Å². The van der Waals surface area contributed by atoms with Crippen LogP contribution in [0.2, 0.25) is 10.0 Å². The Balaban J connectivity index is 2.79. The third-order valence-electron chi connectivity index (χ3n) is 2.55. The van der Waals surface area contributed by atoms with Gasteiger partial charge in [0.2, 0.25) is 0 Å². The fourth-order valence-corrected chi connectivity index (χ4v) is 2.07. The number of rotatable bonds is 4. The van der Waals surface area contributed by atoms with Crippen molar-refractivity contribution in [3.05, 3.63) is 28.0 Å². The minimum absolute atomic E-state index is 0.0426. The van der Waals surface area contributed by atoms with Crippen molar-refractivity contribution in [2.45, 2.75) is 39.7 Å². The molecule has 0 amide bonds. The monoisotopic (exact) mass is 275 g/mol. The van der Waals surface area contributed by atoms with E-state index in [2.05, 4.69) is 31.2 Å². The predicted octanol–water partition coefficient (Wildman–Crippen LogP) is 3.72. The van der Waals surface area contributed by atoms with E-state index in [1.165, 1.54) is 0 Å². The second kappa shape index (κ2) is 6.01. The highest BCUT2D eigenvalue weighted by molar-refractivity contribution is 6.34. The first-order valence-corrected chi connectivity index (χ1v) is 6.36. The second-order valence-corrected chi connectivity index (χ2v) is 6.18. The quantitative estimate of drug-likeness (QED) is 0.651. The van der Waals surface area contributed by atoms with Gasteiger partial charge < -0.3 is 0 Å². The normalized spacial score (nSPS) is 13.8.